The quantitative estimate of drug-likeness (QED) is 0.765. The molecule has 0 bridgehead atoms. The molecular weight excluding hydrogens is 206 g/mol. The van der Waals surface area contributed by atoms with Gasteiger partial charge in [0.1, 0.15) is 0 Å². The van der Waals surface area contributed by atoms with Crippen LogP contribution in [0.5, 0.6) is 0 Å². The number of rotatable bonds is 2. The lowest BCUT2D eigenvalue weighted by molar-refractivity contribution is -0.128. The summed E-state index contributed by atoms with van der Waals surface area (Å²) < 4.78 is 0. The van der Waals surface area contributed by atoms with Crippen LogP contribution in [0.1, 0.15) is 18.0 Å². The molecule has 1 aromatic rings. The van der Waals surface area contributed by atoms with E-state index in [4.69, 9.17) is 5.73 Å². The van der Waals surface area contributed by atoms with Crippen molar-refractivity contribution in [3.8, 4) is 0 Å². The summed E-state index contributed by atoms with van der Waals surface area (Å²) in [7, 11) is 1.68. The lowest BCUT2D eigenvalue weighted by Crippen LogP contribution is -2.30. The molecule has 2 atom stereocenters. The molecule has 0 aromatic carbocycles. The molecule has 2 rings (SSSR count). The molecule has 2 N–H and O–H groups in total. The summed E-state index contributed by atoms with van der Waals surface area (Å²) in [5, 5.41) is 0. The van der Waals surface area contributed by atoms with Gasteiger partial charge < -0.3 is 10.6 Å². The number of amides is 2. The van der Waals surface area contributed by atoms with Crippen LogP contribution in [-0.2, 0) is 9.59 Å². The standard InChI is InChI=1S/C11H13N3O2/c1-14-9(15)5-8(11(12)16)10(14)7-3-2-4-13-6-7/h2-4,6,8,10H,5H2,1H3,(H2,12,16)/t8-,10+/m0/s1. The first kappa shape index (κ1) is 10.6. The van der Waals surface area contributed by atoms with Crippen molar-refractivity contribution in [2.24, 2.45) is 11.7 Å². The van der Waals surface area contributed by atoms with Crippen molar-refractivity contribution < 1.29 is 9.59 Å². The molecule has 0 spiro atoms. The Balaban J connectivity index is 2.37. The number of likely N-dealkylation sites (tertiary alicyclic amines) is 1. The minimum atomic E-state index is -0.457. The Hall–Kier alpha value is -1.91. The number of carbonyl (C=O) groups excluding carboxylic acids is 2. The van der Waals surface area contributed by atoms with Gasteiger partial charge in [-0.05, 0) is 11.6 Å². The number of carbonyl (C=O) groups is 2. The molecule has 0 saturated carbocycles. The molecule has 2 amide bonds. The van der Waals surface area contributed by atoms with Gasteiger partial charge in [-0.1, -0.05) is 6.07 Å². The SMILES string of the molecule is CN1C(=O)C[C@H](C(N)=O)[C@H]1c1cccnc1. The van der Waals surface area contributed by atoms with E-state index >= 15 is 0 Å². The van der Waals surface area contributed by atoms with Crippen molar-refractivity contribution >= 4 is 11.8 Å². The van der Waals surface area contributed by atoms with E-state index in [-0.39, 0.29) is 18.4 Å². The van der Waals surface area contributed by atoms with Crippen LogP contribution in [-0.4, -0.2) is 28.7 Å². The average molecular weight is 219 g/mol. The maximum atomic E-state index is 11.6. The van der Waals surface area contributed by atoms with E-state index in [1.165, 1.54) is 0 Å². The average Bonchev–Trinajstić information content (AvgIpc) is 2.57. The highest BCUT2D eigenvalue weighted by Gasteiger charge is 2.41. The highest BCUT2D eigenvalue weighted by atomic mass is 16.2. The predicted molar refractivity (Wildman–Crippen MR) is 57.0 cm³/mol. The van der Waals surface area contributed by atoms with Crippen LogP contribution >= 0.6 is 0 Å². The van der Waals surface area contributed by atoms with Crippen molar-refractivity contribution in [1.29, 1.82) is 0 Å². The van der Waals surface area contributed by atoms with Crippen LogP contribution in [0.15, 0.2) is 24.5 Å². The van der Waals surface area contributed by atoms with Crippen LogP contribution in [0.25, 0.3) is 0 Å². The van der Waals surface area contributed by atoms with Gasteiger partial charge in [0.15, 0.2) is 0 Å². The van der Waals surface area contributed by atoms with Crippen molar-refractivity contribution in [3.63, 3.8) is 0 Å². The number of pyridine rings is 1. The molecule has 2 heterocycles. The smallest absolute Gasteiger partial charge is 0.223 e. The molecule has 0 aliphatic carbocycles. The first-order valence-electron chi connectivity index (χ1n) is 5.06. The number of hydrogen-bond donors (Lipinski definition) is 1. The van der Waals surface area contributed by atoms with Crippen LogP contribution in [0.3, 0.4) is 0 Å². The Kier molecular flexibility index (Phi) is 2.60. The summed E-state index contributed by atoms with van der Waals surface area (Å²) >= 11 is 0. The van der Waals surface area contributed by atoms with Gasteiger partial charge >= 0.3 is 0 Å². The zero-order chi connectivity index (χ0) is 11.7. The van der Waals surface area contributed by atoms with Gasteiger partial charge in [-0.25, -0.2) is 0 Å². The number of primary amides is 1. The van der Waals surface area contributed by atoms with E-state index in [1.807, 2.05) is 6.07 Å². The number of nitrogens with zero attached hydrogens (tertiary/aromatic N) is 2. The van der Waals surface area contributed by atoms with E-state index in [0.717, 1.165) is 5.56 Å². The van der Waals surface area contributed by atoms with Crippen molar-refractivity contribution in [2.75, 3.05) is 7.05 Å². The summed E-state index contributed by atoms with van der Waals surface area (Å²) in [6.07, 6.45) is 3.50. The van der Waals surface area contributed by atoms with Gasteiger partial charge in [-0.3, -0.25) is 14.6 Å². The predicted octanol–water partition coefficient (Wildman–Crippen LogP) is 0.0863. The van der Waals surface area contributed by atoms with Gasteiger partial charge in [0.25, 0.3) is 0 Å². The molecular formula is C11H13N3O2. The van der Waals surface area contributed by atoms with Crippen LogP contribution in [0.2, 0.25) is 0 Å². The summed E-state index contributed by atoms with van der Waals surface area (Å²) in [5.41, 5.74) is 6.16. The third-order valence-corrected chi connectivity index (χ3v) is 2.98. The molecule has 0 radical (unpaired) electrons. The highest BCUT2D eigenvalue weighted by molar-refractivity contribution is 5.89. The van der Waals surface area contributed by atoms with Crippen LogP contribution in [0.4, 0.5) is 0 Å². The normalized spacial score (nSPS) is 24.8. The van der Waals surface area contributed by atoms with E-state index in [9.17, 15) is 9.59 Å². The lowest BCUT2D eigenvalue weighted by Gasteiger charge is -2.23. The fourth-order valence-electron chi connectivity index (χ4n) is 2.13. The van der Waals surface area contributed by atoms with E-state index in [2.05, 4.69) is 4.98 Å². The van der Waals surface area contributed by atoms with E-state index in [1.54, 1.807) is 30.4 Å². The first-order valence-corrected chi connectivity index (χ1v) is 5.06. The Morgan fingerprint density at radius 3 is 2.94 bits per heavy atom. The third kappa shape index (κ3) is 1.64. The molecule has 1 aromatic heterocycles. The lowest BCUT2D eigenvalue weighted by atomic mass is 9.94. The number of nitrogens with two attached hydrogens (primary N) is 1. The highest BCUT2D eigenvalue weighted by Crippen LogP contribution is 2.36. The zero-order valence-corrected chi connectivity index (χ0v) is 8.96. The topological polar surface area (TPSA) is 76.3 Å². The third-order valence-electron chi connectivity index (χ3n) is 2.98. The van der Waals surface area contributed by atoms with Gasteiger partial charge in [0.2, 0.25) is 11.8 Å². The fourth-order valence-corrected chi connectivity index (χ4v) is 2.13. The molecule has 1 fully saturated rings. The summed E-state index contributed by atoms with van der Waals surface area (Å²) in [4.78, 5) is 28.4. The van der Waals surface area contributed by atoms with Crippen molar-refractivity contribution in [2.45, 2.75) is 12.5 Å². The Labute approximate surface area is 93.3 Å². The summed E-state index contributed by atoms with van der Waals surface area (Å²) in [6, 6.07) is 3.35. The Bertz CT molecular complexity index is 418. The molecule has 84 valence electrons. The van der Waals surface area contributed by atoms with Gasteiger partial charge in [0, 0.05) is 25.9 Å². The fraction of sp³-hybridized carbons (Fsp3) is 0.364. The first-order chi connectivity index (χ1) is 7.61. The maximum Gasteiger partial charge on any atom is 0.223 e. The van der Waals surface area contributed by atoms with Crippen LogP contribution < -0.4 is 5.73 Å². The number of aromatic nitrogens is 1. The summed E-state index contributed by atoms with van der Waals surface area (Å²) in [5.74, 6) is -0.953. The van der Waals surface area contributed by atoms with Gasteiger partial charge in [-0.2, -0.15) is 0 Å². The van der Waals surface area contributed by atoms with Crippen molar-refractivity contribution in [1.82, 2.24) is 9.88 Å². The molecule has 0 unspecified atom stereocenters. The van der Waals surface area contributed by atoms with E-state index in [0.29, 0.717) is 0 Å². The second kappa shape index (κ2) is 3.92. The monoisotopic (exact) mass is 219 g/mol. The van der Waals surface area contributed by atoms with Gasteiger partial charge in [0.05, 0.1) is 12.0 Å². The largest absolute Gasteiger partial charge is 0.369 e. The minimum absolute atomic E-state index is 0.0577. The summed E-state index contributed by atoms with van der Waals surface area (Å²) in [6.45, 7) is 0. The molecule has 1 aliphatic heterocycles. The minimum Gasteiger partial charge on any atom is -0.369 e. The number of hydrogen-bond acceptors (Lipinski definition) is 3. The molecule has 1 saturated heterocycles. The van der Waals surface area contributed by atoms with Crippen molar-refractivity contribution in [3.05, 3.63) is 30.1 Å². The molecule has 5 nitrogen and oxygen atoms in total. The molecule has 1 aliphatic rings. The van der Waals surface area contributed by atoms with Gasteiger partial charge in [-0.15, -0.1) is 0 Å². The Morgan fingerprint density at radius 2 is 2.38 bits per heavy atom. The second-order valence-corrected chi connectivity index (χ2v) is 3.95. The molecule has 5 heteroatoms. The Morgan fingerprint density at radius 1 is 1.62 bits per heavy atom. The van der Waals surface area contributed by atoms with Crippen LogP contribution in [0, 0.1) is 5.92 Å². The van der Waals surface area contributed by atoms with E-state index < -0.39 is 11.8 Å². The molecule has 16 heavy (non-hydrogen) atoms. The second-order valence-electron chi connectivity index (χ2n) is 3.95. The zero-order valence-electron chi connectivity index (χ0n) is 8.96. The maximum absolute atomic E-state index is 11.6.